The van der Waals surface area contributed by atoms with Crippen LogP contribution in [0.5, 0.6) is 5.75 Å². The highest BCUT2D eigenvalue weighted by Gasteiger charge is 1.91. The fourth-order valence-electron chi connectivity index (χ4n) is 0.706. The van der Waals surface area contributed by atoms with Gasteiger partial charge >= 0.3 is 0 Å². The average Bonchev–Trinajstić information content (AvgIpc) is 2.21. The molecule has 0 saturated carbocycles. The maximum absolute atomic E-state index is 11.6. The van der Waals surface area contributed by atoms with Crippen molar-refractivity contribution in [1.29, 1.82) is 0 Å². The SMILES string of the molecule is CCF.O=Cc1ccc(OCF)cc1. The van der Waals surface area contributed by atoms with Gasteiger partial charge in [-0.15, -0.1) is 0 Å². The molecule has 0 fully saturated rings. The van der Waals surface area contributed by atoms with Gasteiger partial charge in [-0.05, 0) is 31.2 Å². The first-order valence-electron chi connectivity index (χ1n) is 4.08. The molecule has 78 valence electrons. The second kappa shape index (κ2) is 8.16. The Hall–Kier alpha value is -1.45. The molecule has 0 aliphatic rings. The molecule has 2 nitrogen and oxygen atoms in total. The first kappa shape index (κ1) is 12.6. The third-order valence-electron chi connectivity index (χ3n) is 1.24. The molecule has 0 spiro atoms. The number of ether oxygens (including phenoxy) is 1. The zero-order valence-corrected chi connectivity index (χ0v) is 7.87. The van der Waals surface area contributed by atoms with E-state index < -0.39 is 6.86 Å². The van der Waals surface area contributed by atoms with Crippen molar-refractivity contribution in [3.63, 3.8) is 0 Å². The lowest BCUT2D eigenvalue weighted by molar-refractivity contribution is 0.112. The Morgan fingerprint density at radius 2 is 1.79 bits per heavy atom. The molecule has 1 aromatic rings. The zero-order chi connectivity index (χ0) is 10.8. The molecule has 0 N–H and O–H groups in total. The van der Waals surface area contributed by atoms with Crippen LogP contribution >= 0.6 is 0 Å². The highest BCUT2D eigenvalue weighted by molar-refractivity contribution is 5.74. The molecule has 0 heterocycles. The lowest BCUT2D eigenvalue weighted by atomic mass is 10.2. The highest BCUT2D eigenvalue weighted by atomic mass is 19.1. The highest BCUT2D eigenvalue weighted by Crippen LogP contribution is 2.10. The van der Waals surface area contributed by atoms with Crippen LogP contribution in [0.25, 0.3) is 0 Å². The van der Waals surface area contributed by atoms with E-state index in [0.717, 1.165) is 6.29 Å². The van der Waals surface area contributed by atoms with E-state index in [-0.39, 0.29) is 6.67 Å². The van der Waals surface area contributed by atoms with Gasteiger partial charge in [-0.25, -0.2) is 4.39 Å². The molecule has 0 amide bonds. The van der Waals surface area contributed by atoms with Crippen LogP contribution in [0.15, 0.2) is 24.3 Å². The van der Waals surface area contributed by atoms with E-state index >= 15 is 0 Å². The monoisotopic (exact) mass is 202 g/mol. The molecule has 0 radical (unpaired) electrons. The summed E-state index contributed by atoms with van der Waals surface area (Å²) in [5.41, 5.74) is 0.552. The number of aldehydes is 1. The van der Waals surface area contributed by atoms with E-state index in [1.165, 1.54) is 6.92 Å². The first-order chi connectivity index (χ1) is 6.78. The Morgan fingerprint density at radius 1 is 1.29 bits per heavy atom. The van der Waals surface area contributed by atoms with E-state index in [9.17, 15) is 13.6 Å². The van der Waals surface area contributed by atoms with Crippen LogP contribution in [0.4, 0.5) is 8.78 Å². The van der Waals surface area contributed by atoms with E-state index in [1.54, 1.807) is 24.3 Å². The molecule has 4 heteroatoms. The smallest absolute Gasteiger partial charge is 0.228 e. The Balaban J connectivity index is 0.000000500. The minimum absolute atomic E-state index is 0.250. The maximum Gasteiger partial charge on any atom is 0.228 e. The largest absolute Gasteiger partial charge is 0.463 e. The molecule has 14 heavy (non-hydrogen) atoms. The first-order valence-corrected chi connectivity index (χ1v) is 4.08. The summed E-state index contributed by atoms with van der Waals surface area (Å²) in [6.07, 6.45) is 0.721. The summed E-state index contributed by atoms with van der Waals surface area (Å²) in [5, 5.41) is 0. The Bertz CT molecular complexity index is 247. The van der Waals surface area contributed by atoms with Gasteiger partial charge in [-0.3, -0.25) is 9.18 Å². The van der Waals surface area contributed by atoms with Crippen LogP contribution in [0, 0.1) is 0 Å². The van der Waals surface area contributed by atoms with Gasteiger partial charge in [0.25, 0.3) is 0 Å². The van der Waals surface area contributed by atoms with Crippen molar-refractivity contribution in [1.82, 2.24) is 0 Å². The summed E-state index contributed by atoms with van der Waals surface area (Å²) in [6.45, 7) is 0.362. The van der Waals surface area contributed by atoms with Crippen LogP contribution in [0.1, 0.15) is 17.3 Å². The van der Waals surface area contributed by atoms with Crippen molar-refractivity contribution >= 4 is 6.29 Å². The number of halogens is 2. The fourth-order valence-corrected chi connectivity index (χ4v) is 0.706. The van der Waals surface area contributed by atoms with Crippen molar-refractivity contribution in [3.8, 4) is 5.75 Å². The minimum Gasteiger partial charge on any atom is -0.463 e. The molecule has 0 aromatic heterocycles. The van der Waals surface area contributed by atoms with Crippen LogP contribution in [0.2, 0.25) is 0 Å². The van der Waals surface area contributed by atoms with Gasteiger partial charge in [0, 0.05) is 5.56 Å². The summed E-state index contributed by atoms with van der Waals surface area (Å²) in [4.78, 5) is 10.2. The van der Waals surface area contributed by atoms with E-state index in [2.05, 4.69) is 4.74 Å². The molecule has 0 unspecified atom stereocenters. The van der Waals surface area contributed by atoms with Gasteiger partial charge in [0.2, 0.25) is 6.86 Å². The number of rotatable bonds is 3. The Morgan fingerprint density at radius 3 is 2.14 bits per heavy atom. The number of hydrogen-bond acceptors (Lipinski definition) is 2. The van der Waals surface area contributed by atoms with Gasteiger partial charge < -0.3 is 4.74 Å². The molecule has 0 saturated heterocycles. The van der Waals surface area contributed by atoms with Gasteiger partial charge in [0.05, 0.1) is 6.67 Å². The fraction of sp³-hybridized carbons (Fsp3) is 0.300. The summed E-state index contributed by atoms with van der Waals surface area (Å²) in [5.74, 6) is 0.429. The van der Waals surface area contributed by atoms with Crippen molar-refractivity contribution < 1.29 is 18.3 Å². The lowest BCUT2D eigenvalue weighted by Gasteiger charge is -1.98. The summed E-state index contributed by atoms with van der Waals surface area (Å²) in [6, 6.07) is 6.22. The van der Waals surface area contributed by atoms with Gasteiger partial charge in [-0.1, -0.05) is 0 Å². The van der Waals surface area contributed by atoms with E-state index in [0.29, 0.717) is 11.3 Å². The Kier molecular flexibility index (Phi) is 7.32. The predicted octanol–water partition coefficient (Wildman–Crippen LogP) is 2.78. The standard InChI is InChI=1S/C8H7FO2.C2H5F/c9-6-11-8-3-1-7(5-10)2-4-8;1-2-3/h1-5H,6H2;2H2,1H3. The predicted molar refractivity (Wildman–Crippen MR) is 50.1 cm³/mol. The Labute approximate surface area is 81.5 Å². The van der Waals surface area contributed by atoms with E-state index in [4.69, 9.17) is 0 Å². The summed E-state index contributed by atoms with van der Waals surface area (Å²) in [7, 11) is 0. The molecular formula is C10H12F2O2. The summed E-state index contributed by atoms with van der Waals surface area (Å²) < 4.78 is 26.4. The quantitative estimate of drug-likeness (QED) is 0.704. The van der Waals surface area contributed by atoms with Crippen molar-refractivity contribution in [2.45, 2.75) is 6.92 Å². The van der Waals surface area contributed by atoms with Crippen molar-refractivity contribution in [3.05, 3.63) is 29.8 Å². The lowest BCUT2D eigenvalue weighted by Crippen LogP contribution is -1.89. The van der Waals surface area contributed by atoms with Gasteiger partial charge in [0.15, 0.2) is 0 Å². The number of alkyl halides is 2. The molecule has 0 atom stereocenters. The topological polar surface area (TPSA) is 26.3 Å². The number of carbonyl (C=O) groups is 1. The number of carbonyl (C=O) groups excluding carboxylic acids is 1. The number of benzene rings is 1. The second-order valence-electron chi connectivity index (χ2n) is 2.21. The maximum atomic E-state index is 11.6. The zero-order valence-electron chi connectivity index (χ0n) is 7.87. The molecule has 0 aliphatic carbocycles. The van der Waals surface area contributed by atoms with E-state index in [1.807, 2.05) is 0 Å². The van der Waals surface area contributed by atoms with Crippen LogP contribution < -0.4 is 4.74 Å². The molecule has 1 rings (SSSR count). The molecule has 1 aromatic carbocycles. The van der Waals surface area contributed by atoms with Crippen LogP contribution in [-0.2, 0) is 0 Å². The minimum atomic E-state index is -0.847. The molecule has 0 bridgehead atoms. The average molecular weight is 202 g/mol. The number of hydrogen-bond donors (Lipinski definition) is 0. The molecular weight excluding hydrogens is 190 g/mol. The normalized spacial score (nSPS) is 8.50. The van der Waals surface area contributed by atoms with Crippen LogP contribution in [0.3, 0.4) is 0 Å². The van der Waals surface area contributed by atoms with Crippen molar-refractivity contribution in [2.75, 3.05) is 13.5 Å². The van der Waals surface area contributed by atoms with Crippen molar-refractivity contribution in [2.24, 2.45) is 0 Å². The third-order valence-corrected chi connectivity index (χ3v) is 1.24. The molecule has 0 aliphatic heterocycles. The second-order valence-corrected chi connectivity index (χ2v) is 2.21. The van der Waals surface area contributed by atoms with Crippen LogP contribution in [-0.4, -0.2) is 19.8 Å². The summed E-state index contributed by atoms with van der Waals surface area (Å²) >= 11 is 0. The van der Waals surface area contributed by atoms with Gasteiger partial charge in [-0.2, -0.15) is 0 Å². The van der Waals surface area contributed by atoms with Gasteiger partial charge in [0.1, 0.15) is 12.0 Å². The third kappa shape index (κ3) is 5.24.